The molecule has 4 aliphatic heterocycles. The van der Waals surface area contributed by atoms with E-state index in [9.17, 15) is 5.11 Å². The number of aliphatic hydroxyl groups is 1. The van der Waals surface area contributed by atoms with Gasteiger partial charge in [0, 0.05) is 47.6 Å². The number of imidazole rings is 2. The van der Waals surface area contributed by atoms with Crippen molar-refractivity contribution in [2.45, 2.75) is 90.1 Å². The van der Waals surface area contributed by atoms with Crippen molar-refractivity contribution in [3.8, 4) is 0 Å². The van der Waals surface area contributed by atoms with Crippen molar-refractivity contribution in [3.63, 3.8) is 0 Å². The second-order valence-corrected chi connectivity index (χ2v) is 13.5. The van der Waals surface area contributed by atoms with Crippen molar-refractivity contribution in [2.75, 3.05) is 75.6 Å². The molecular weight excluding hydrogens is 718 g/mol. The molecule has 2 atom stereocenters. The minimum absolute atomic E-state index is 0. The Hall–Kier alpha value is -2.32. The summed E-state index contributed by atoms with van der Waals surface area (Å²) in [7, 11) is 0. The first kappa shape index (κ1) is 34.0. The van der Waals surface area contributed by atoms with Crippen LogP contribution in [-0.2, 0) is 24.5 Å². The molecule has 0 radical (unpaired) electrons. The van der Waals surface area contributed by atoms with Gasteiger partial charge in [-0.25, -0.2) is 9.97 Å². The van der Waals surface area contributed by atoms with Gasteiger partial charge in [-0.1, -0.05) is 13.3 Å². The molecule has 0 aliphatic carbocycles. The van der Waals surface area contributed by atoms with Crippen molar-refractivity contribution in [1.82, 2.24) is 39.0 Å². The number of fused-ring (bicyclic) bond motifs is 2. The summed E-state index contributed by atoms with van der Waals surface area (Å²) in [5.74, 6) is 0.538. The Bertz CT molecular complexity index is 1950. The molecular formula is C35H51Cl2LiN10O5. The third-order valence-corrected chi connectivity index (χ3v) is 9.42. The fraction of sp³-hybridized carbons (Fsp3) is 0.686. The summed E-state index contributed by atoms with van der Waals surface area (Å²) in [4.78, 5) is 30.2. The molecule has 4 saturated heterocycles. The number of morpholine rings is 2. The average molecular weight is 776 g/mol. The molecule has 8 rings (SSSR count). The maximum atomic E-state index is 11.3. The minimum atomic E-state index is -3.32. The molecule has 4 aromatic heterocycles. The van der Waals surface area contributed by atoms with Gasteiger partial charge in [-0.2, -0.15) is 26.4 Å². The van der Waals surface area contributed by atoms with Gasteiger partial charge in [-0.3, -0.25) is 9.13 Å². The van der Waals surface area contributed by atoms with E-state index in [0.29, 0.717) is 58.4 Å². The molecule has 0 spiro atoms. The molecule has 4 fully saturated rings. The van der Waals surface area contributed by atoms with Gasteiger partial charge >= 0.3 is 18.9 Å². The molecule has 4 aliphatic rings. The maximum absolute atomic E-state index is 11.3. The molecule has 0 bridgehead atoms. The number of aromatic nitrogens is 8. The minimum Gasteiger partial charge on any atom is -0.383 e. The van der Waals surface area contributed by atoms with Gasteiger partial charge in [0.05, 0.1) is 32.8 Å². The molecule has 0 aromatic carbocycles. The summed E-state index contributed by atoms with van der Waals surface area (Å²) < 4.78 is 73.1. The molecule has 8 heterocycles. The molecule has 4 aromatic rings. The number of rotatable bonds is 6. The smallest absolute Gasteiger partial charge is 0.383 e. The predicted molar refractivity (Wildman–Crippen MR) is 200 cm³/mol. The van der Waals surface area contributed by atoms with Crippen LogP contribution in [0, 0.1) is 6.92 Å². The van der Waals surface area contributed by atoms with Gasteiger partial charge in [0.15, 0.2) is 34.0 Å². The van der Waals surface area contributed by atoms with E-state index >= 15 is 0 Å². The largest absolute Gasteiger partial charge is 1.00 e. The first-order chi connectivity index (χ1) is 27.7. The van der Waals surface area contributed by atoms with Gasteiger partial charge in [-0.15, -0.1) is 0 Å². The van der Waals surface area contributed by atoms with Crippen molar-refractivity contribution < 1.29 is 51.1 Å². The van der Waals surface area contributed by atoms with Crippen molar-refractivity contribution in [1.29, 1.82) is 0 Å². The Kier molecular flexibility index (Phi) is 12.5. The first-order valence-electron chi connectivity index (χ1n) is 21.0. The SMILES string of the molecule is Clc1nc(N2CCOCC2)c2ncn(C3CCCCO3)c2n1.[2H]C([2H])([2H])C(O)(c1nc2c(N3CCOCC3)nc(Cl)nc2n1C1CCCCO1)C([2H])([2H])[2H].[CH2-]CCC.[Li+]. The van der Waals surface area contributed by atoms with E-state index < -0.39 is 31.4 Å². The van der Waals surface area contributed by atoms with E-state index in [0.717, 1.165) is 75.2 Å². The van der Waals surface area contributed by atoms with E-state index in [4.69, 9.17) is 50.4 Å². The quantitative estimate of drug-likeness (QED) is 0.174. The fourth-order valence-corrected chi connectivity index (χ4v) is 6.73. The fourth-order valence-electron chi connectivity index (χ4n) is 6.41. The van der Waals surface area contributed by atoms with Gasteiger partial charge in [0.2, 0.25) is 10.6 Å². The van der Waals surface area contributed by atoms with Crippen LogP contribution in [0.3, 0.4) is 0 Å². The number of unbranched alkanes of at least 4 members (excludes halogenated alkanes) is 1. The first-order valence-corrected chi connectivity index (χ1v) is 18.7. The number of anilines is 2. The topological polar surface area (TPSA) is 151 Å². The monoisotopic (exact) mass is 774 g/mol. The van der Waals surface area contributed by atoms with Gasteiger partial charge in [0.1, 0.15) is 23.9 Å². The van der Waals surface area contributed by atoms with Crippen molar-refractivity contribution >= 4 is 57.2 Å². The molecule has 18 heteroatoms. The molecule has 15 nitrogen and oxygen atoms in total. The second kappa shape index (κ2) is 19.5. The van der Waals surface area contributed by atoms with Crippen LogP contribution in [0.1, 0.15) is 98.5 Å². The normalized spacial score (nSPS) is 23.2. The van der Waals surface area contributed by atoms with E-state index in [1.54, 1.807) is 6.33 Å². The zero-order chi connectivity index (χ0) is 41.7. The van der Waals surface area contributed by atoms with Crippen LogP contribution in [0.15, 0.2) is 6.33 Å². The summed E-state index contributed by atoms with van der Waals surface area (Å²) in [6, 6.07) is 0. The molecule has 2 unspecified atom stereocenters. The molecule has 1 N–H and O–H groups in total. The second-order valence-electron chi connectivity index (χ2n) is 12.8. The Morgan fingerprint density at radius 2 is 1.32 bits per heavy atom. The number of hydrogen-bond acceptors (Lipinski definition) is 13. The molecule has 286 valence electrons. The van der Waals surface area contributed by atoms with E-state index in [1.807, 2.05) is 9.47 Å². The van der Waals surface area contributed by atoms with Crippen LogP contribution in [0.4, 0.5) is 11.6 Å². The number of hydrogen-bond donors (Lipinski definition) is 1. The predicted octanol–water partition coefficient (Wildman–Crippen LogP) is 2.88. The summed E-state index contributed by atoms with van der Waals surface area (Å²) in [6.07, 6.45) is 8.55. The van der Waals surface area contributed by atoms with Crippen LogP contribution in [0.25, 0.3) is 22.3 Å². The van der Waals surface area contributed by atoms with Crippen LogP contribution in [0.2, 0.25) is 10.6 Å². The van der Waals surface area contributed by atoms with Gasteiger partial charge in [0.25, 0.3) is 0 Å². The van der Waals surface area contributed by atoms with Crippen molar-refractivity contribution in [2.24, 2.45) is 0 Å². The number of nitrogens with zero attached hydrogens (tertiary/aromatic N) is 10. The summed E-state index contributed by atoms with van der Waals surface area (Å²) >= 11 is 12.4. The van der Waals surface area contributed by atoms with E-state index in [1.165, 1.54) is 11.0 Å². The zero-order valence-corrected chi connectivity index (χ0v) is 32.0. The van der Waals surface area contributed by atoms with Crippen LogP contribution in [-0.4, -0.2) is 110 Å². The van der Waals surface area contributed by atoms with Gasteiger partial charge < -0.3 is 40.8 Å². The Morgan fingerprint density at radius 1 is 0.792 bits per heavy atom. The zero-order valence-electron chi connectivity index (χ0n) is 36.5. The summed E-state index contributed by atoms with van der Waals surface area (Å²) in [5, 5.41) is 11.4. The third kappa shape index (κ3) is 10.1. The van der Waals surface area contributed by atoms with Crippen molar-refractivity contribution in [3.05, 3.63) is 29.6 Å². The van der Waals surface area contributed by atoms with Crippen LogP contribution >= 0.6 is 23.2 Å². The maximum Gasteiger partial charge on any atom is 1.00 e. The third-order valence-electron chi connectivity index (χ3n) is 9.08. The molecule has 53 heavy (non-hydrogen) atoms. The van der Waals surface area contributed by atoms with Crippen LogP contribution in [0.5, 0.6) is 0 Å². The number of ether oxygens (including phenoxy) is 4. The van der Waals surface area contributed by atoms with E-state index in [-0.39, 0.29) is 46.8 Å². The summed E-state index contributed by atoms with van der Waals surface area (Å²) in [6.45, 7) is 5.05. The Labute approximate surface area is 341 Å². The standard InChI is InChI=1S/C17H24ClN5O3.C14H18ClN5O2.C4H9.Li/c1-17(2,24)15-19-12-13(22-6-9-25-10-7-22)20-16(18)21-14(12)23(15)11-5-3-4-8-26-11;15-14-17-12(19-4-7-21-8-5-19)11-13(18-14)20(9-16-11)10-3-1-2-6-22-10;1-3-4-2;/h11,24H,3-10H2,1-2H3;9-10H,1-8H2;1,3-4H2,2H3;/q;;-1;+1/i1D3,2D3;;;. The summed E-state index contributed by atoms with van der Waals surface area (Å²) in [5.41, 5.74) is -1.49. The Balaban J connectivity index is 0.000000213. The Morgan fingerprint density at radius 3 is 1.83 bits per heavy atom. The average Bonchev–Trinajstić information content (AvgIpc) is 3.83. The van der Waals surface area contributed by atoms with Crippen LogP contribution < -0.4 is 28.7 Å². The van der Waals surface area contributed by atoms with E-state index in [2.05, 4.69) is 48.7 Å². The van der Waals surface area contributed by atoms with Gasteiger partial charge in [-0.05, 0) is 75.4 Å². The number of halogens is 2. The molecule has 0 amide bonds. The molecule has 0 saturated carbocycles.